The number of pyridine rings is 2. The zero-order chi connectivity index (χ0) is 34.6. The first-order valence-corrected chi connectivity index (χ1v) is 15.5. The molecule has 0 radical (unpaired) electrons. The van der Waals surface area contributed by atoms with Crippen LogP contribution in [0.4, 0.5) is 18.9 Å². The molecule has 1 aromatic carbocycles. The third-order valence-corrected chi connectivity index (χ3v) is 9.17. The lowest BCUT2D eigenvalue weighted by Crippen LogP contribution is -2.58. The standard InChI is InChI=1S/C33H31Cl2F3N6O3/c1-7-21(45)43-16(5)12-42(13-17(43)6)30-18-10-20(34)28(22-24(36)23(35)25(37)26(38)31(22)46)41-32(18)44(33(47)19(30)11-39)29-15(4)8-9-40-27(29)14(2)3/h7-10,14,16-17,27,40,46H,1,12-13H2,2-6H3/t16-,17+,27?. The molecule has 1 saturated heterocycles. The number of phenols is 1. The van der Waals surface area contributed by atoms with E-state index < -0.39 is 51.1 Å². The number of anilines is 1. The Balaban J connectivity index is 1.92. The van der Waals surface area contributed by atoms with Crippen LogP contribution in [0, 0.1) is 34.7 Å². The third-order valence-electron chi connectivity index (χ3n) is 8.55. The molecule has 1 amide bonds. The van der Waals surface area contributed by atoms with Crippen molar-refractivity contribution >= 4 is 51.5 Å². The van der Waals surface area contributed by atoms with E-state index in [1.807, 2.05) is 27.7 Å². The molecular formula is C33H31Cl2F3N6O3. The van der Waals surface area contributed by atoms with Gasteiger partial charge >= 0.3 is 0 Å². The van der Waals surface area contributed by atoms with Crippen molar-refractivity contribution in [2.24, 2.45) is 5.92 Å². The third kappa shape index (κ3) is 5.41. The molecule has 0 spiro atoms. The van der Waals surface area contributed by atoms with E-state index in [9.17, 15) is 28.7 Å². The molecule has 0 aliphatic carbocycles. The summed E-state index contributed by atoms with van der Waals surface area (Å²) in [5.41, 5.74) is -1.20. The number of piperazine rings is 1. The molecule has 14 heteroatoms. The molecule has 3 atom stereocenters. The number of dihydropyridines is 1. The number of benzene rings is 1. The van der Waals surface area contributed by atoms with Gasteiger partial charge in [-0.15, -0.1) is 0 Å². The number of carbonyl (C=O) groups is 1. The first kappa shape index (κ1) is 33.9. The summed E-state index contributed by atoms with van der Waals surface area (Å²) in [5.74, 6) is -6.87. The van der Waals surface area contributed by atoms with E-state index in [1.165, 1.54) is 16.7 Å². The smallest absolute Gasteiger partial charge is 0.276 e. The average molecular weight is 688 g/mol. The second-order valence-corrected chi connectivity index (χ2v) is 12.8. The first-order valence-electron chi connectivity index (χ1n) is 14.7. The normalized spacial score (nSPS) is 19.7. The highest BCUT2D eigenvalue weighted by Crippen LogP contribution is 2.44. The highest BCUT2D eigenvalue weighted by atomic mass is 35.5. The fourth-order valence-corrected chi connectivity index (χ4v) is 6.91. The Bertz CT molecular complexity index is 1980. The number of hydrogen-bond donors (Lipinski definition) is 2. The van der Waals surface area contributed by atoms with Crippen molar-refractivity contribution < 1.29 is 23.1 Å². The number of allylic oxidation sites excluding steroid dienone is 2. The number of rotatable bonds is 5. The maximum Gasteiger partial charge on any atom is 0.276 e. The molecule has 3 aromatic rings. The van der Waals surface area contributed by atoms with Crippen molar-refractivity contribution in [1.82, 2.24) is 19.8 Å². The van der Waals surface area contributed by atoms with Gasteiger partial charge in [-0.25, -0.2) is 13.8 Å². The molecule has 4 heterocycles. The minimum atomic E-state index is -1.81. The van der Waals surface area contributed by atoms with E-state index in [-0.39, 0.29) is 64.3 Å². The van der Waals surface area contributed by atoms with Crippen LogP contribution in [0.1, 0.15) is 40.2 Å². The van der Waals surface area contributed by atoms with Crippen molar-refractivity contribution in [3.05, 3.63) is 80.0 Å². The zero-order valence-electron chi connectivity index (χ0n) is 26.1. The van der Waals surface area contributed by atoms with Crippen LogP contribution >= 0.6 is 23.2 Å². The predicted molar refractivity (Wildman–Crippen MR) is 176 cm³/mol. The van der Waals surface area contributed by atoms with Crippen LogP contribution in [0.3, 0.4) is 0 Å². The van der Waals surface area contributed by atoms with Crippen LogP contribution in [0.2, 0.25) is 10.0 Å². The Hall–Kier alpha value is -4.47. The predicted octanol–water partition coefficient (Wildman–Crippen LogP) is 6.35. The maximum atomic E-state index is 15.5. The number of aromatic hydroxyl groups is 1. The summed E-state index contributed by atoms with van der Waals surface area (Å²) in [6.07, 6.45) is 4.69. The van der Waals surface area contributed by atoms with Crippen molar-refractivity contribution in [1.29, 1.82) is 5.26 Å². The monoisotopic (exact) mass is 686 g/mol. The van der Waals surface area contributed by atoms with E-state index in [2.05, 4.69) is 22.9 Å². The number of nitriles is 1. The van der Waals surface area contributed by atoms with Gasteiger partial charge in [0.2, 0.25) is 11.7 Å². The Labute approximate surface area is 278 Å². The molecule has 1 unspecified atom stereocenters. The minimum Gasteiger partial charge on any atom is -0.504 e. The number of phenolic OH excluding ortho intramolecular Hbond substituents is 1. The second kappa shape index (κ2) is 12.6. The van der Waals surface area contributed by atoms with Crippen molar-refractivity contribution in [2.45, 2.75) is 52.7 Å². The minimum absolute atomic E-state index is 0.0764. The van der Waals surface area contributed by atoms with Crippen molar-refractivity contribution in [2.75, 3.05) is 18.0 Å². The van der Waals surface area contributed by atoms with E-state index in [4.69, 9.17) is 23.2 Å². The molecule has 2 N–H and O–H groups in total. The molecule has 2 aromatic heterocycles. The van der Waals surface area contributed by atoms with Crippen molar-refractivity contribution in [3.63, 3.8) is 0 Å². The number of nitrogens with zero attached hydrogens (tertiary/aromatic N) is 5. The van der Waals surface area contributed by atoms with Gasteiger partial charge in [0.05, 0.1) is 33.7 Å². The number of aromatic nitrogens is 2. The summed E-state index contributed by atoms with van der Waals surface area (Å²) in [7, 11) is 0. The first-order chi connectivity index (χ1) is 22.2. The van der Waals surface area contributed by atoms with E-state index in [0.29, 0.717) is 11.3 Å². The van der Waals surface area contributed by atoms with Crippen molar-refractivity contribution in [3.8, 4) is 23.1 Å². The topological polar surface area (TPSA) is 114 Å². The fraction of sp³-hybridized carbons (Fsp3) is 0.333. The summed E-state index contributed by atoms with van der Waals surface area (Å²) < 4.78 is 45.6. The molecule has 2 aliphatic heterocycles. The lowest BCUT2D eigenvalue weighted by molar-refractivity contribution is -0.130. The van der Waals surface area contributed by atoms with Crippen LogP contribution in [-0.4, -0.2) is 56.7 Å². The van der Waals surface area contributed by atoms with Gasteiger partial charge in [0, 0.05) is 30.6 Å². The number of amides is 1. The fourth-order valence-electron chi connectivity index (χ4n) is 6.49. The van der Waals surface area contributed by atoms with Crippen LogP contribution in [0.25, 0.3) is 28.0 Å². The Morgan fingerprint density at radius 1 is 1.19 bits per heavy atom. The van der Waals surface area contributed by atoms with Gasteiger partial charge in [0.1, 0.15) is 22.3 Å². The number of nitrogens with one attached hydrogen (secondary N) is 1. The Morgan fingerprint density at radius 3 is 2.40 bits per heavy atom. The second-order valence-electron chi connectivity index (χ2n) is 12.0. The van der Waals surface area contributed by atoms with Crippen LogP contribution in [-0.2, 0) is 4.79 Å². The SMILES string of the molecule is C=CC(=O)N1[C@H](C)CN(c2c(C#N)c(=O)n(C3=C(C)C=CNC3C(C)C)c3nc(-c4c(O)c(F)c(F)c(Cl)c4F)c(Cl)cc23)C[C@@H]1C. The van der Waals surface area contributed by atoms with E-state index >= 15 is 4.39 Å². The Morgan fingerprint density at radius 2 is 1.83 bits per heavy atom. The van der Waals surface area contributed by atoms with Gasteiger partial charge in [-0.2, -0.15) is 9.65 Å². The summed E-state index contributed by atoms with van der Waals surface area (Å²) in [6.45, 7) is 13.3. The van der Waals surface area contributed by atoms with Gasteiger partial charge < -0.3 is 20.2 Å². The quantitative estimate of drug-likeness (QED) is 0.183. The van der Waals surface area contributed by atoms with Crippen LogP contribution < -0.4 is 15.8 Å². The number of hydrogen-bond acceptors (Lipinski definition) is 7. The molecule has 246 valence electrons. The number of carbonyl (C=O) groups excluding carboxylic acids is 1. The molecule has 5 rings (SSSR count). The van der Waals surface area contributed by atoms with Gasteiger partial charge in [0.25, 0.3) is 5.56 Å². The van der Waals surface area contributed by atoms with Gasteiger partial charge in [-0.3, -0.25) is 14.2 Å². The molecule has 1 fully saturated rings. The maximum absolute atomic E-state index is 15.5. The van der Waals surface area contributed by atoms with Gasteiger partial charge in [-0.1, -0.05) is 43.6 Å². The summed E-state index contributed by atoms with van der Waals surface area (Å²) >= 11 is 12.4. The highest BCUT2D eigenvalue weighted by molar-refractivity contribution is 6.34. The molecule has 2 aliphatic rings. The van der Waals surface area contributed by atoms with E-state index in [1.54, 1.807) is 29.0 Å². The molecule has 0 bridgehead atoms. The van der Waals surface area contributed by atoms with Gasteiger partial charge in [0.15, 0.2) is 17.4 Å². The lowest BCUT2D eigenvalue weighted by Gasteiger charge is -2.45. The van der Waals surface area contributed by atoms with E-state index in [0.717, 1.165) is 0 Å². The molecular weight excluding hydrogens is 656 g/mol. The Kier molecular flexibility index (Phi) is 9.10. The molecule has 47 heavy (non-hydrogen) atoms. The average Bonchev–Trinajstić information content (AvgIpc) is 3.02. The summed E-state index contributed by atoms with van der Waals surface area (Å²) in [5, 5.41) is 23.0. The van der Waals surface area contributed by atoms with Crippen LogP contribution in [0.15, 0.2) is 41.4 Å². The van der Waals surface area contributed by atoms with Gasteiger partial charge in [-0.05, 0) is 56.7 Å². The molecule has 9 nitrogen and oxygen atoms in total. The number of halogens is 5. The number of fused-ring (bicyclic) bond motifs is 1. The summed E-state index contributed by atoms with van der Waals surface area (Å²) in [6, 6.07) is 2.21. The lowest BCUT2D eigenvalue weighted by atomic mass is 9.94. The summed E-state index contributed by atoms with van der Waals surface area (Å²) in [4.78, 5) is 35.1. The largest absolute Gasteiger partial charge is 0.504 e. The zero-order valence-corrected chi connectivity index (χ0v) is 27.6. The molecule has 0 saturated carbocycles. The highest BCUT2D eigenvalue weighted by Gasteiger charge is 2.37. The van der Waals surface area contributed by atoms with Crippen LogP contribution in [0.5, 0.6) is 5.75 Å².